The Balaban J connectivity index is 2.30. The first kappa shape index (κ1) is 17.9. The topological polar surface area (TPSA) is 80.3 Å². The maximum Gasteiger partial charge on any atom is 0.347 e. The minimum atomic E-state index is -0.866. The average molecular weight is 338 g/mol. The Labute approximate surface area is 140 Å². The van der Waals surface area contributed by atoms with Gasteiger partial charge in [0.05, 0.1) is 32.0 Å². The molecule has 1 aliphatic rings. The number of esters is 2. The molecular formula is C17H22O7. The first-order chi connectivity index (χ1) is 11.6. The van der Waals surface area contributed by atoms with Gasteiger partial charge < -0.3 is 23.7 Å². The number of carbonyl (C=O) groups excluding carboxylic acids is 2. The van der Waals surface area contributed by atoms with E-state index in [0.717, 1.165) is 0 Å². The van der Waals surface area contributed by atoms with E-state index in [9.17, 15) is 9.59 Å². The molecular weight excluding hydrogens is 316 g/mol. The molecule has 1 aliphatic heterocycles. The fraction of sp³-hybridized carbons (Fsp3) is 0.529. The third-order valence-corrected chi connectivity index (χ3v) is 3.28. The molecule has 0 aliphatic carbocycles. The highest BCUT2D eigenvalue weighted by Gasteiger charge is 2.31. The van der Waals surface area contributed by atoms with Crippen molar-refractivity contribution in [2.24, 2.45) is 0 Å². The Hall–Kier alpha value is -2.44. The van der Waals surface area contributed by atoms with Gasteiger partial charge in [-0.15, -0.1) is 0 Å². The highest BCUT2D eigenvalue weighted by Crippen LogP contribution is 2.39. The van der Waals surface area contributed by atoms with Gasteiger partial charge >= 0.3 is 11.9 Å². The third kappa shape index (κ3) is 4.10. The smallest absolute Gasteiger partial charge is 0.347 e. The second-order valence-electron chi connectivity index (χ2n) is 4.95. The lowest BCUT2D eigenvalue weighted by atomic mass is 10.1. The van der Waals surface area contributed by atoms with Crippen molar-refractivity contribution in [2.75, 3.05) is 26.4 Å². The van der Waals surface area contributed by atoms with Crippen molar-refractivity contribution in [1.82, 2.24) is 0 Å². The molecule has 1 aromatic carbocycles. The Morgan fingerprint density at radius 2 is 1.67 bits per heavy atom. The number of rotatable bonds is 8. The molecule has 24 heavy (non-hydrogen) atoms. The Bertz CT molecular complexity index is 570. The quantitative estimate of drug-likeness (QED) is 0.673. The SMILES string of the molecule is CCOc1cc(C(=O)O[C@H]2CCOC2=O)cc(OCC)c1OCC. The summed E-state index contributed by atoms with van der Waals surface area (Å²) in [5.41, 5.74) is 0.227. The van der Waals surface area contributed by atoms with Crippen molar-refractivity contribution >= 4 is 11.9 Å². The van der Waals surface area contributed by atoms with E-state index in [1.165, 1.54) is 12.1 Å². The van der Waals surface area contributed by atoms with Crippen LogP contribution in [0.3, 0.4) is 0 Å². The van der Waals surface area contributed by atoms with E-state index >= 15 is 0 Å². The van der Waals surface area contributed by atoms with Crippen LogP contribution in [0.5, 0.6) is 17.2 Å². The number of ether oxygens (including phenoxy) is 5. The van der Waals surface area contributed by atoms with Crippen LogP contribution in [-0.2, 0) is 14.3 Å². The predicted octanol–water partition coefficient (Wildman–Crippen LogP) is 2.36. The summed E-state index contributed by atoms with van der Waals surface area (Å²) >= 11 is 0. The maximum atomic E-state index is 12.3. The fourth-order valence-corrected chi connectivity index (χ4v) is 2.29. The summed E-state index contributed by atoms with van der Waals surface area (Å²) in [5, 5.41) is 0. The predicted molar refractivity (Wildman–Crippen MR) is 84.7 cm³/mol. The molecule has 7 heteroatoms. The van der Waals surface area contributed by atoms with Crippen molar-refractivity contribution in [3.63, 3.8) is 0 Å². The Morgan fingerprint density at radius 3 is 2.12 bits per heavy atom. The van der Waals surface area contributed by atoms with Crippen molar-refractivity contribution < 1.29 is 33.3 Å². The summed E-state index contributed by atoms with van der Waals surface area (Å²) in [4.78, 5) is 23.8. The highest BCUT2D eigenvalue weighted by atomic mass is 16.6. The van der Waals surface area contributed by atoms with Gasteiger partial charge in [-0.2, -0.15) is 0 Å². The summed E-state index contributed by atoms with van der Waals surface area (Å²) in [7, 11) is 0. The van der Waals surface area contributed by atoms with E-state index in [2.05, 4.69) is 0 Å². The molecule has 0 spiro atoms. The molecule has 0 unspecified atom stereocenters. The van der Waals surface area contributed by atoms with Gasteiger partial charge in [-0.25, -0.2) is 9.59 Å². The molecule has 1 atom stereocenters. The summed E-state index contributed by atoms with van der Waals surface area (Å²) in [6.07, 6.45) is -0.506. The van der Waals surface area contributed by atoms with E-state index in [1.807, 2.05) is 20.8 Å². The fourth-order valence-electron chi connectivity index (χ4n) is 2.29. The summed E-state index contributed by atoms with van der Waals surface area (Å²) in [6, 6.07) is 3.05. The molecule has 0 radical (unpaired) electrons. The Morgan fingerprint density at radius 1 is 1.08 bits per heavy atom. The van der Waals surface area contributed by atoms with Crippen molar-refractivity contribution in [3.05, 3.63) is 17.7 Å². The first-order valence-electron chi connectivity index (χ1n) is 8.04. The zero-order chi connectivity index (χ0) is 17.5. The van der Waals surface area contributed by atoms with E-state index in [0.29, 0.717) is 43.5 Å². The number of benzene rings is 1. The molecule has 0 amide bonds. The normalized spacial score (nSPS) is 16.5. The molecule has 0 bridgehead atoms. The molecule has 0 saturated carbocycles. The van der Waals surface area contributed by atoms with Gasteiger partial charge in [0, 0.05) is 6.42 Å². The van der Waals surface area contributed by atoms with Crippen molar-refractivity contribution in [1.29, 1.82) is 0 Å². The second kappa shape index (κ2) is 8.42. The lowest BCUT2D eigenvalue weighted by Gasteiger charge is -2.17. The Kier molecular flexibility index (Phi) is 6.28. The molecule has 1 saturated heterocycles. The molecule has 1 aromatic rings. The van der Waals surface area contributed by atoms with Crippen LogP contribution in [0.2, 0.25) is 0 Å². The van der Waals surface area contributed by atoms with Gasteiger partial charge in [0.2, 0.25) is 11.9 Å². The standard InChI is InChI=1S/C17H22O7/c1-4-20-13-9-11(10-14(21-5-2)15(13)22-6-3)16(18)24-12-7-8-23-17(12)19/h9-10,12H,4-8H2,1-3H3/t12-/m0/s1. The van der Waals surface area contributed by atoms with E-state index in [4.69, 9.17) is 23.7 Å². The molecule has 1 fully saturated rings. The molecule has 7 nitrogen and oxygen atoms in total. The van der Waals surface area contributed by atoms with Crippen LogP contribution in [0.4, 0.5) is 0 Å². The zero-order valence-corrected chi connectivity index (χ0v) is 14.1. The zero-order valence-electron chi connectivity index (χ0n) is 14.1. The lowest BCUT2D eigenvalue weighted by molar-refractivity contribution is -0.145. The van der Waals surface area contributed by atoms with E-state index in [1.54, 1.807) is 0 Å². The van der Waals surface area contributed by atoms with Gasteiger partial charge in [0.25, 0.3) is 0 Å². The van der Waals surface area contributed by atoms with Gasteiger partial charge in [-0.3, -0.25) is 0 Å². The summed E-state index contributed by atoms with van der Waals surface area (Å²) in [5.74, 6) is 0.0728. The first-order valence-corrected chi connectivity index (χ1v) is 8.04. The van der Waals surface area contributed by atoms with Crippen molar-refractivity contribution in [2.45, 2.75) is 33.3 Å². The summed E-state index contributed by atoms with van der Waals surface area (Å²) < 4.78 is 26.7. The second-order valence-corrected chi connectivity index (χ2v) is 4.95. The number of hydrogen-bond acceptors (Lipinski definition) is 7. The van der Waals surface area contributed by atoms with Gasteiger partial charge in [-0.05, 0) is 32.9 Å². The van der Waals surface area contributed by atoms with Crippen LogP contribution < -0.4 is 14.2 Å². The van der Waals surface area contributed by atoms with E-state index < -0.39 is 18.0 Å². The maximum absolute atomic E-state index is 12.3. The number of hydrogen-bond donors (Lipinski definition) is 0. The van der Waals surface area contributed by atoms with Crippen LogP contribution in [-0.4, -0.2) is 44.5 Å². The monoisotopic (exact) mass is 338 g/mol. The molecule has 2 rings (SSSR count). The summed E-state index contributed by atoms with van der Waals surface area (Å²) in [6.45, 7) is 7.00. The van der Waals surface area contributed by atoms with Gasteiger partial charge in [-0.1, -0.05) is 0 Å². The van der Waals surface area contributed by atoms with Crippen LogP contribution in [0.15, 0.2) is 12.1 Å². The minimum Gasteiger partial charge on any atom is -0.490 e. The van der Waals surface area contributed by atoms with Crippen LogP contribution in [0.25, 0.3) is 0 Å². The van der Waals surface area contributed by atoms with E-state index in [-0.39, 0.29) is 12.2 Å². The van der Waals surface area contributed by atoms with Gasteiger partial charge in [0.15, 0.2) is 11.5 Å². The number of cyclic esters (lactones) is 1. The number of carbonyl (C=O) groups is 2. The molecule has 0 N–H and O–H groups in total. The van der Waals surface area contributed by atoms with Crippen LogP contribution in [0, 0.1) is 0 Å². The van der Waals surface area contributed by atoms with Crippen LogP contribution >= 0.6 is 0 Å². The molecule has 132 valence electrons. The minimum absolute atomic E-state index is 0.227. The molecule has 1 heterocycles. The highest BCUT2D eigenvalue weighted by molar-refractivity contribution is 5.93. The third-order valence-electron chi connectivity index (χ3n) is 3.28. The van der Waals surface area contributed by atoms with Crippen LogP contribution in [0.1, 0.15) is 37.6 Å². The molecule has 0 aromatic heterocycles. The largest absolute Gasteiger partial charge is 0.490 e. The van der Waals surface area contributed by atoms with Crippen molar-refractivity contribution in [3.8, 4) is 17.2 Å². The van der Waals surface area contributed by atoms with Gasteiger partial charge in [0.1, 0.15) is 0 Å². The average Bonchev–Trinajstić information content (AvgIpc) is 2.95. The lowest BCUT2D eigenvalue weighted by Crippen LogP contribution is -2.22.